The van der Waals surface area contributed by atoms with Gasteiger partial charge in [-0.2, -0.15) is 5.10 Å². The molecule has 0 aliphatic heterocycles. The van der Waals surface area contributed by atoms with Crippen molar-refractivity contribution in [1.82, 2.24) is 20.1 Å². The van der Waals surface area contributed by atoms with Gasteiger partial charge in [-0.15, -0.1) is 0 Å². The summed E-state index contributed by atoms with van der Waals surface area (Å²) in [5.41, 5.74) is 1.90. The molecule has 6 nitrogen and oxygen atoms in total. The van der Waals surface area contributed by atoms with Crippen LogP contribution in [0.1, 0.15) is 24.9 Å². The van der Waals surface area contributed by atoms with E-state index in [1.54, 1.807) is 12.3 Å². The van der Waals surface area contributed by atoms with Crippen LogP contribution in [0.25, 0.3) is 21.8 Å². The molecule has 2 aromatic heterocycles. The van der Waals surface area contributed by atoms with Crippen molar-refractivity contribution in [2.24, 2.45) is 0 Å². The molecule has 2 aromatic carbocycles. The lowest BCUT2D eigenvalue weighted by Gasteiger charge is -2.19. The van der Waals surface area contributed by atoms with Gasteiger partial charge in [0, 0.05) is 22.3 Å². The highest BCUT2D eigenvalue weighted by atomic mass is 35.5. The Morgan fingerprint density at radius 3 is 2.82 bits per heavy atom. The zero-order valence-corrected chi connectivity index (χ0v) is 16.0. The number of H-pyrrole nitrogens is 1. The highest BCUT2D eigenvalue weighted by Gasteiger charge is 2.24. The van der Waals surface area contributed by atoms with Crippen LogP contribution in [0.3, 0.4) is 0 Å². The molecule has 0 unspecified atom stereocenters. The van der Waals surface area contributed by atoms with Gasteiger partial charge in [0.05, 0.1) is 11.7 Å². The van der Waals surface area contributed by atoms with Crippen LogP contribution in [0, 0.1) is 0 Å². The number of aromatic nitrogens is 3. The third-order valence-corrected chi connectivity index (χ3v) is 5.12. The van der Waals surface area contributed by atoms with Gasteiger partial charge in [0.25, 0.3) is 5.56 Å². The summed E-state index contributed by atoms with van der Waals surface area (Å²) in [6, 6.07) is 14.5. The predicted molar refractivity (Wildman–Crippen MR) is 110 cm³/mol. The standard InChI is InChI=1S/C21H19ClN4O2/c1-2-17(20(27)23-11-13-6-5-7-14(22)10-13)26-18-9-4-3-8-15(18)16-12-24-25-21(28)19(16)26/h3-10,12,17H,2,11H2,1H3,(H,23,27)(H,25,28)/t17-/m0/s1. The Morgan fingerprint density at radius 1 is 1.21 bits per heavy atom. The van der Waals surface area contributed by atoms with E-state index in [9.17, 15) is 9.59 Å². The molecular weight excluding hydrogens is 376 g/mol. The summed E-state index contributed by atoms with van der Waals surface area (Å²) in [7, 11) is 0. The first-order valence-corrected chi connectivity index (χ1v) is 9.46. The van der Waals surface area contributed by atoms with E-state index in [1.165, 1.54) is 0 Å². The highest BCUT2D eigenvalue weighted by molar-refractivity contribution is 6.30. The van der Waals surface area contributed by atoms with E-state index in [4.69, 9.17) is 11.6 Å². The van der Waals surface area contributed by atoms with Crippen molar-refractivity contribution >= 4 is 39.3 Å². The summed E-state index contributed by atoms with van der Waals surface area (Å²) in [5, 5.41) is 11.6. The summed E-state index contributed by atoms with van der Waals surface area (Å²) in [6.07, 6.45) is 2.17. The first-order chi connectivity index (χ1) is 13.6. The molecule has 1 amide bonds. The molecule has 0 bridgehead atoms. The van der Waals surface area contributed by atoms with Crippen molar-refractivity contribution in [1.29, 1.82) is 0 Å². The number of carbonyl (C=O) groups excluding carboxylic acids is 1. The van der Waals surface area contributed by atoms with Gasteiger partial charge in [0.15, 0.2) is 0 Å². The fraction of sp³-hybridized carbons (Fsp3) is 0.190. The van der Waals surface area contributed by atoms with Gasteiger partial charge in [0.2, 0.25) is 5.91 Å². The average Bonchev–Trinajstić information content (AvgIpc) is 3.03. The van der Waals surface area contributed by atoms with Crippen LogP contribution in [0.15, 0.2) is 59.5 Å². The third kappa shape index (κ3) is 3.16. The fourth-order valence-electron chi connectivity index (χ4n) is 3.62. The monoisotopic (exact) mass is 394 g/mol. The lowest BCUT2D eigenvalue weighted by atomic mass is 10.1. The van der Waals surface area contributed by atoms with Crippen molar-refractivity contribution in [3.05, 3.63) is 75.7 Å². The van der Waals surface area contributed by atoms with Gasteiger partial charge in [-0.25, -0.2) is 5.10 Å². The molecular formula is C21H19ClN4O2. The van der Waals surface area contributed by atoms with Crippen LogP contribution < -0.4 is 10.9 Å². The number of halogens is 1. The predicted octanol–water partition coefficient (Wildman–Crippen LogP) is 3.80. The Labute approximate surface area is 166 Å². The second-order valence-electron chi connectivity index (χ2n) is 6.62. The van der Waals surface area contributed by atoms with E-state index in [-0.39, 0.29) is 11.5 Å². The molecule has 1 atom stereocenters. The van der Waals surface area contributed by atoms with Crippen LogP contribution in [0.2, 0.25) is 5.02 Å². The number of rotatable bonds is 5. The van der Waals surface area contributed by atoms with Gasteiger partial charge < -0.3 is 9.88 Å². The van der Waals surface area contributed by atoms with Gasteiger partial charge in [-0.3, -0.25) is 9.59 Å². The van der Waals surface area contributed by atoms with E-state index in [0.29, 0.717) is 23.5 Å². The van der Waals surface area contributed by atoms with Gasteiger partial charge in [0.1, 0.15) is 11.6 Å². The summed E-state index contributed by atoms with van der Waals surface area (Å²) < 4.78 is 1.82. The smallest absolute Gasteiger partial charge is 0.288 e. The summed E-state index contributed by atoms with van der Waals surface area (Å²) in [4.78, 5) is 25.6. The maximum Gasteiger partial charge on any atom is 0.288 e. The summed E-state index contributed by atoms with van der Waals surface area (Å²) in [5.74, 6) is -0.152. The Bertz CT molecular complexity index is 1230. The van der Waals surface area contributed by atoms with Crippen molar-refractivity contribution in [3.63, 3.8) is 0 Å². The number of hydrogen-bond donors (Lipinski definition) is 2. The Morgan fingerprint density at radius 2 is 2.04 bits per heavy atom. The second-order valence-corrected chi connectivity index (χ2v) is 7.06. The Balaban J connectivity index is 1.76. The highest BCUT2D eigenvalue weighted by Crippen LogP contribution is 2.30. The third-order valence-electron chi connectivity index (χ3n) is 4.88. The van der Waals surface area contributed by atoms with Crippen LogP contribution in [-0.2, 0) is 11.3 Å². The van der Waals surface area contributed by atoms with Crippen LogP contribution in [-0.4, -0.2) is 20.7 Å². The molecule has 0 saturated carbocycles. The van der Waals surface area contributed by atoms with Gasteiger partial charge in [-0.1, -0.05) is 48.9 Å². The Hall–Kier alpha value is -3.12. The van der Waals surface area contributed by atoms with E-state index >= 15 is 0 Å². The van der Waals surface area contributed by atoms with Crippen LogP contribution in [0.5, 0.6) is 0 Å². The maximum absolute atomic E-state index is 13.0. The molecule has 0 aliphatic carbocycles. The van der Waals surface area contributed by atoms with Gasteiger partial charge >= 0.3 is 0 Å². The first kappa shape index (κ1) is 18.3. The fourth-order valence-corrected chi connectivity index (χ4v) is 3.84. The number of nitrogens with one attached hydrogen (secondary N) is 2. The molecule has 0 saturated heterocycles. The molecule has 142 valence electrons. The van der Waals surface area contributed by atoms with Gasteiger partial charge in [-0.05, 0) is 30.2 Å². The van der Waals surface area contributed by atoms with E-state index in [1.807, 2.05) is 54.0 Å². The van der Waals surface area contributed by atoms with Crippen LogP contribution in [0.4, 0.5) is 0 Å². The quantitative estimate of drug-likeness (QED) is 0.540. The molecule has 0 radical (unpaired) electrons. The lowest BCUT2D eigenvalue weighted by molar-refractivity contribution is -0.124. The molecule has 0 fully saturated rings. The number of hydrogen-bond acceptors (Lipinski definition) is 3. The number of carbonyl (C=O) groups is 1. The Kier molecular flexibility index (Phi) is 4.88. The average molecular weight is 395 g/mol. The zero-order chi connectivity index (χ0) is 19.7. The summed E-state index contributed by atoms with van der Waals surface area (Å²) in [6.45, 7) is 2.30. The maximum atomic E-state index is 13.0. The number of aromatic amines is 1. The normalized spacial score (nSPS) is 12.4. The minimum absolute atomic E-state index is 0.152. The second kappa shape index (κ2) is 7.48. The number of benzene rings is 2. The van der Waals surface area contributed by atoms with Crippen molar-refractivity contribution < 1.29 is 4.79 Å². The van der Waals surface area contributed by atoms with E-state index < -0.39 is 6.04 Å². The number of fused-ring (bicyclic) bond motifs is 3. The van der Waals surface area contributed by atoms with E-state index in [2.05, 4.69) is 15.5 Å². The first-order valence-electron chi connectivity index (χ1n) is 9.08. The topological polar surface area (TPSA) is 79.8 Å². The molecule has 0 aliphatic rings. The molecule has 7 heteroatoms. The zero-order valence-electron chi connectivity index (χ0n) is 15.3. The molecule has 2 heterocycles. The van der Waals surface area contributed by atoms with Crippen molar-refractivity contribution in [2.75, 3.05) is 0 Å². The lowest BCUT2D eigenvalue weighted by Crippen LogP contribution is -2.32. The largest absolute Gasteiger partial charge is 0.350 e. The SMILES string of the molecule is CC[C@@H](C(=O)NCc1cccc(Cl)c1)n1c2ccccc2c2cn[nH]c(=O)c21. The molecule has 28 heavy (non-hydrogen) atoms. The van der Waals surface area contributed by atoms with E-state index in [0.717, 1.165) is 21.9 Å². The van der Waals surface area contributed by atoms with Crippen molar-refractivity contribution in [2.45, 2.75) is 25.9 Å². The molecule has 2 N–H and O–H groups in total. The number of amides is 1. The minimum Gasteiger partial charge on any atom is -0.350 e. The molecule has 0 spiro atoms. The minimum atomic E-state index is -0.523. The molecule has 4 aromatic rings. The van der Waals surface area contributed by atoms with Crippen molar-refractivity contribution in [3.8, 4) is 0 Å². The summed E-state index contributed by atoms with van der Waals surface area (Å²) >= 11 is 6.02. The number of para-hydroxylation sites is 1. The van der Waals surface area contributed by atoms with Crippen LogP contribution >= 0.6 is 11.6 Å². The molecule has 4 rings (SSSR count). The number of nitrogens with zero attached hydrogens (tertiary/aromatic N) is 2.